The molecule has 0 spiro atoms. The van der Waals surface area contributed by atoms with Crippen molar-refractivity contribution in [2.45, 2.75) is 38.1 Å². The zero-order valence-electron chi connectivity index (χ0n) is 20.4. The Balaban J connectivity index is 0.00000380. The van der Waals surface area contributed by atoms with Crippen molar-refractivity contribution in [1.82, 2.24) is 10.3 Å². The monoisotopic (exact) mass is 524 g/mol. The number of nitrogens with two attached hydrogens (primary N) is 1. The number of carboxylic acids is 1. The molecule has 37 heavy (non-hydrogen) atoms. The van der Waals surface area contributed by atoms with E-state index >= 15 is 0 Å². The highest BCUT2D eigenvalue weighted by Crippen LogP contribution is 2.22. The lowest BCUT2D eigenvalue weighted by Gasteiger charge is -2.17. The van der Waals surface area contributed by atoms with Gasteiger partial charge in [0.05, 0.1) is 12.3 Å². The summed E-state index contributed by atoms with van der Waals surface area (Å²) < 4.78 is 5.83. The minimum atomic E-state index is -1.15. The van der Waals surface area contributed by atoms with Crippen LogP contribution in [0.4, 0.5) is 11.5 Å². The van der Waals surface area contributed by atoms with Crippen molar-refractivity contribution in [3.63, 3.8) is 0 Å². The van der Waals surface area contributed by atoms with Gasteiger partial charge in [0.15, 0.2) is 0 Å². The molecule has 196 valence electrons. The zero-order valence-corrected chi connectivity index (χ0v) is 21.4. The van der Waals surface area contributed by atoms with Crippen LogP contribution in [-0.4, -0.2) is 46.3 Å². The molecule has 1 aliphatic heterocycles. The number of rotatable bonds is 10. The number of carbonyl (C=O) groups is 2. The van der Waals surface area contributed by atoms with Crippen LogP contribution in [0.3, 0.4) is 0 Å². The Bertz CT molecular complexity index is 1240. The van der Waals surface area contributed by atoms with Crippen molar-refractivity contribution in [2.75, 3.05) is 24.2 Å². The second-order valence-electron chi connectivity index (χ2n) is 8.78. The summed E-state index contributed by atoms with van der Waals surface area (Å²) in [5, 5.41) is 24.9. The van der Waals surface area contributed by atoms with E-state index in [4.69, 9.17) is 15.5 Å². The third-order valence-electron chi connectivity index (χ3n) is 6.05. The lowest BCUT2D eigenvalue weighted by Crippen LogP contribution is -2.42. The number of carboxylic acid groups (broad SMARTS) is 1. The van der Waals surface area contributed by atoms with E-state index in [2.05, 4.69) is 22.8 Å². The van der Waals surface area contributed by atoms with Gasteiger partial charge in [-0.1, -0.05) is 18.2 Å². The summed E-state index contributed by atoms with van der Waals surface area (Å²) >= 11 is 0. The average Bonchev–Trinajstić information content (AvgIpc) is 2.88. The number of carbonyl (C=O) groups excluding carboxylic acids is 1. The molecule has 1 amide bonds. The van der Waals surface area contributed by atoms with Crippen molar-refractivity contribution >= 4 is 36.9 Å². The Hall–Kier alpha value is -3.92. The Morgan fingerprint density at radius 1 is 1.14 bits per heavy atom. The maximum absolute atomic E-state index is 12.4. The van der Waals surface area contributed by atoms with E-state index in [0.29, 0.717) is 12.4 Å². The SMILES string of the molecule is Nc1cc(C(=O)N[C@@H](Cc2ccc(OCCCc3ccc4c(n3)NCCC4)cc2)C(=O)O)ccc1O.S. The van der Waals surface area contributed by atoms with Crippen LogP contribution in [0.1, 0.15) is 40.0 Å². The van der Waals surface area contributed by atoms with Gasteiger partial charge in [-0.2, -0.15) is 13.5 Å². The number of nitrogens with one attached hydrogen (secondary N) is 2. The summed E-state index contributed by atoms with van der Waals surface area (Å²) in [6, 6.07) is 14.2. The number of aromatic nitrogens is 1. The Kier molecular flexibility index (Phi) is 9.62. The van der Waals surface area contributed by atoms with Crippen LogP contribution in [0.5, 0.6) is 11.5 Å². The molecule has 0 saturated carbocycles. The molecule has 6 N–H and O–H groups in total. The lowest BCUT2D eigenvalue weighted by molar-refractivity contribution is -0.139. The van der Waals surface area contributed by atoms with Gasteiger partial charge < -0.3 is 31.3 Å². The fourth-order valence-electron chi connectivity index (χ4n) is 4.05. The molecular formula is C27H32N4O5S. The maximum Gasteiger partial charge on any atom is 0.326 e. The van der Waals surface area contributed by atoms with Gasteiger partial charge in [0.1, 0.15) is 23.4 Å². The summed E-state index contributed by atoms with van der Waals surface area (Å²) in [6.45, 7) is 1.50. The highest BCUT2D eigenvalue weighted by molar-refractivity contribution is 7.59. The van der Waals surface area contributed by atoms with Crippen LogP contribution in [0.15, 0.2) is 54.6 Å². The third-order valence-corrected chi connectivity index (χ3v) is 6.05. The van der Waals surface area contributed by atoms with Gasteiger partial charge in [0.2, 0.25) is 0 Å². The number of hydrogen-bond acceptors (Lipinski definition) is 7. The lowest BCUT2D eigenvalue weighted by atomic mass is 10.0. The van der Waals surface area contributed by atoms with Crippen LogP contribution in [-0.2, 0) is 24.1 Å². The molecule has 0 saturated heterocycles. The van der Waals surface area contributed by atoms with E-state index in [1.165, 1.54) is 23.8 Å². The Labute approximate surface area is 222 Å². The predicted octanol–water partition coefficient (Wildman–Crippen LogP) is 3.28. The minimum absolute atomic E-state index is 0. The smallest absolute Gasteiger partial charge is 0.326 e. The van der Waals surface area contributed by atoms with Crippen molar-refractivity contribution in [3.05, 3.63) is 77.0 Å². The van der Waals surface area contributed by atoms with E-state index in [0.717, 1.165) is 49.3 Å². The van der Waals surface area contributed by atoms with Gasteiger partial charge >= 0.3 is 5.97 Å². The number of phenolic OH excluding ortho intramolecular Hbond substituents is 1. The highest BCUT2D eigenvalue weighted by Gasteiger charge is 2.21. The first-order valence-electron chi connectivity index (χ1n) is 12.0. The normalized spacial score (nSPS) is 12.9. The van der Waals surface area contributed by atoms with Crippen molar-refractivity contribution in [1.29, 1.82) is 0 Å². The zero-order chi connectivity index (χ0) is 25.5. The first-order chi connectivity index (χ1) is 17.4. The van der Waals surface area contributed by atoms with Crippen LogP contribution in [0.25, 0.3) is 0 Å². The van der Waals surface area contributed by atoms with E-state index in [-0.39, 0.29) is 36.9 Å². The number of aliphatic carboxylic acids is 1. The fraction of sp³-hybridized carbons (Fsp3) is 0.296. The molecule has 0 aliphatic carbocycles. The number of nitrogen functional groups attached to an aromatic ring is 1. The number of aromatic hydroxyl groups is 1. The Morgan fingerprint density at radius 3 is 2.65 bits per heavy atom. The molecule has 0 bridgehead atoms. The molecule has 9 nitrogen and oxygen atoms in total. The summed E-state index contributed by atoms with van der Waals surface area (Å²) in [7, 11) is 0. The van der Waals surface area contributed by atoms with E-state index in [1.54, 1.807) is 24.3 Å². The van der Waals surface area contributed by atoms with Gasteiger partial charge in [0.25, 0.3) is 5.91 Å². The number of benzene rings is 2. The number of nitrogens with zero attached hydrogens (tertiary/aromatic N) is 1. The number of phenols is 1. The minimum Gasteiger partial charge on any atom is -0.506 e. The molecule has 4 rings (SSSR count). The molecule has 2 aromatic carbocycles. The molecular weight excluding hydrogens is 492 g/mol. The van der Waals surface area contributed by atoms with Crippen LogP contribution >= 0.6 is 13.5 Å². The summed E-state index contributed by atoms with van der Waals surface area (Å²) in [5.41, 5.74) is 8.89. The fourth-order valence-corrected chi connectivity index (χ4v) is 4.05. The molecule has 0 radical (unpaired) electrons. The van der Waals surface area contributed by atoms with Gasteiger partial charge in [-0.25, -0.2) is 9.78 Å². The molecule has 10 heteroatoms. The van der Waals surface area contributed by atoms with Gasteiger partial charge in [-0.05, 0) is 73.2 Å². The second-order valence-corrected chi connectivity index (χ2v) is 8.78. The molecule has 1 aromatic heterocycles. The predicted molar refractivity (Wildman–Crippen MR) is 147 cm³/mol. The van der Waals surface area contributed by atoms with Crippen LogP contribution in [0.2, 0.25) is 0 Å². The number of fused-ring (bicyclic) bond motifs is 1. The second kappa shape index (κ2) is 12.9. The number of anilines is 2. The number of hydrogen-bond donors (Lipinski definition) is 5. The van der Waals surface area contributed by atoms with Gasteiger partial charge in [0, 0.05) is 24.2 Å². The van der Waals surface area contributed by atoms with Crippen molar-refractivity contribution in [2.24, 2.45) is 0 Å². The van der Waals surface area contributed by atoms with Crippen molar-refractivity contribution in [3.8, 4) is 11.5 Å². The van der Waals surface area contributed by atoms with Gasteiger partial charge in [-0.3, -0.25) is 4.79 Å². The summed E-state index contributed by atoms with van der Waals surface area (Å²) in [6.07, 6.45) is 3.96. The molecule has 1 atom stereocenters. The van der Waals surface area contributed by atoms with E-state index in [9.17, 15) is 19.8 Å². The number of aryl methyl sites for hydroxylation is 2. The quantitative estimate of drug-likeness (QED) is 0.154. The topological polar surface area (TPSA) is 147 Å². The van der Waals surface area contributed by atoms with Gasteiger partial charge in [-0.15, -0.1) is 0 Å². The largest absolute Gasteiger partial charge is 0.506 e. The van der Waals surface area contributed by atoms with E-state index < -0.39 is 17.9 Å². The Morgan fingerprint density at radius 2 is 1.92 bits per heavy atom. The standard InChI is InChI=1S/C27H30N4O5.H2S/c28-22-16-19(8-12-24(22)32)26(33)31-23(27(34)35)15-17-5-10-21(11-6-17)36-14-2-4-20-9-7-18-3-1-13-29-25(18)30-20;/h5-12,16,23,32H,1-4,13-15,28H2,(H,29,30)(H,31,33)(H,34,35);1H2/t23-;/m0./s1. The summed E-state index contributed by atoms with van der Waals surface area (Å²) in [4.78, 5) is 28.9. The number of ether oxygens (including phenoxy) is 1. The molecule has 1 aliphatic rings. The number of amides is 1. The van der Waals surface area contributed by atoms with Crippen molar-refractivity contribution < 1.29 is 24.5 Å². The highest BCUT2D eigenvalue weighted by atomic mass is 32.1. The van der Waals surface area contributed by atoms with E-state index in [1.807, 2.05) is 0 Å². The first-order valence-corrected chi connectivity index (χ1v) is 12.0. The first kappa shape index (κ1) is 27.7. The maximum atomic E-state index is 12.4. The van der Waals surface area contributed by atoms with Crippen LogP contribution < -0.4 is 21.1 Å². The molecule has 3 aromatic rings. The molecule has 2 heterocycles. The summed E-state index contributed by atoms with van der Waals surface area (Å²) in [5.74, 6) is -0.191. The molecule has 0 fully saturated rings. The van der Waals surface area contributed by atoms with Crippen LogP contribution in [0, 0.1) is 0 Å². The average molecular weight is 525 g/mol. The molecule has 0 unspecified atom stereocenters. The third kappa shape index (κ3) is 7.53. The number of pyridine rings is 1.